The molecule has 1 unspecified atom stereocenters. The summed E-state index contributed by atoms with van der Waals surface area (Å²) >= 11 is 12.2. The Morgan fingerprint density at radius 2 is 2.25 bits per heavy atom. The van der Waals surface area contributed by atoms with Gasteiger partial charge in [0.25, 0.3) is 0 Å². The Bertz CT molecular complexity index is 390. The van der Waals surface area contributed by atoms with Crippen LogP contribution in [0, 0.1) is 0 Å². The van der Waals surface area contributed by atoms with Gasteiger partial charge in [-0.1, -0.05) is 41.4 Å². The minimum absolute atomic E-state index is 0.482. The molecule has 1 nitrogen and oxygen atoms in total. The Balaban J connectivity index is 2.14. The summed E-state index contributed by atoms with van der Waals surface area (Å²) in [5, 5.41) is 1.31. The van der Waals surface area contributed by atoms with E-state index in [9.17, 15) is 0 Å². The van der Waals surface area contributed by atoms with Gasteiger partial charge < -0.3 is 0 Å². The average molecular weight is 256 g/mol. The predicted molar refractivity (Wildman–Crippen MR) is 70.1 cm³/mol. The summed E-state index contributed by atoms with van der Waals surface area (Å²) in [6.07, 6.45) is 4.45. The van der Waals surface area contributed by atoms with E-state index < -0.39 is 0 Å². The molecular weight excluding hydrogens is 241 g/mol. The summed E-state index contributed by atoms with van der Waals surface area (Å²) in [6, 6.07) is 6.28. The molecule has 0 amide bonds. The Hall–Kier alpha value is -0.500. The normalized spacial score (nSPS) is 21.2. The van der Waals surface area contributed by atoms with Crippen molar-refractivity contribution < 1.29 is 0 Å². The maximum Gasteiger partial charge on any atom is 0.0637 e. The third kappa shape index (κ3) is 2.42. The highest BCUT2D eigenvalue weighted by molar-refractivity contribution is 6.42. The van der Waals surface area contributed by atoms with Crippen LogP contribution in [0.4, 0.5) is 0 Å². The number of hydrogen-bond acceptors (Lipinski definition) is 1. The number of likely N-dealkylation sites (tertiary alicyclic amines) is 1. The summed E-state index contributed by atoms with van der Waals surface area (Å²) in [5.41, 5.74) is 1.10. The Labute approximate surface area is 107 Å². The lowest BCUT2D eigenvalue weighted by molar-refractivity contribution is 0.282. The Morgan fingerprint density at radius 3 is 3.00 bits per heavy atom. The van der Waals surface area contributed by atoms with E-state index in [1.807, 2.05) is 24.3 Å². The third-order valence-corrected chi connectivity index (χ3v) is 3.95. The number of hydrogen-bond donors (Lipinski definition) is 0. The molecule has 1 aromatic carbocycles. The van der Waals surface area contributed by atoms with Crippen molar-refractivity contribution in [2.24, 2.45) is 0 Å². The highest BCUT2D eigenvalue weighted by Gasteiger charge is 2.22. The second kappa shape index (κ2) is 5.22. The molecule has 1 aliphatic heterocycles. The first-order valence-corrected chi connectivity index (χ1v) is 6.27. The zero-order valence-electron chi connectivity index (χ0n) is 9.13. The highest BCUT2D eigenvalue weighted by Crippen LogP contribution is 2.28. The summed E-state index contributed by atoms with van der Waals surface area (Å²) in [5.74, 6) is 0. The largest absolute Gasteiger partial charge is 0.293 e. The minimum Gasteiger partial charge on any atom is -0.293 e. The molecule has 1 heterocycles. The van der Waals surface area contributed by atoms with E-state index in [2.05, 4.69) is 11.5 Å². The van der Waals surface area contributed by atoms with E-state index in [4.69, 9.17) is 23.2 Å². The molecule has 3 heteroatoms. The maximum atomic E-state index is 6.18. The summed E-state index contributed by atoms with van der Waals surface area (Å²) < 4.78 is 0. The van der Waals surface area contributed by atoms with Crippen LogP contribution in [-0.2, 0) is 6.54 Å². The molecule has 1 fully saturated rings. The van der Waals surface area contributed by atoms with Crippen molar-refractivity contribution in [2.45, 2.75) is 25.4 Å². The van der Waals surface area contributed by atoms with Crippen molar-refractivity contribution in [3.05, 3.63) is 46.5 Å². The second-order valence-electron chi connectivity index (χ2n) is 4.13. The van der Waals surface area contributed by atoms with Gasteiger partial charge in [-0.3, -0.25) is 4.90 Å². The lowest BCUT2D eigenvalue weighted by Crippen LogP contribution is -2.27. The first kappa shape index (κ1) is 12.0. The van der Waals surface area contributed by atoms with Crippen molar-refractivity contribution in [1.82, 2.24) is 4.90 Å². The lowest BCUT2D eigenvalue weighted by atomic mass is 10.2. The van der Waals surface area contributed by atoms with Crippen molar-refractivity contribution in [3.8, 4) is 0 Å². The molecule has 86 valence electrons. The van der Waals surface area contributed by atoms with Crippen LogP contribution in [0.15, 0.2) is 30.9 Å². The van der Waals surface area contributed by atoms with Crippen LogP contribution in [0.2, 0.25) is 10.0 Å². The van der Waals surface area contributed by atoms with Gasteiger partial charge in [-0.25, -0.2) is 0 Å². The molecule has 1 atom stereocenters. The van der Waals surface area contributed by atoms with Gasteiger partial charge in [0.05, 0.1) is 10.0 Å². The van der Waals surface area contributed by atoms with Gasteiger partial charge in [0.2, 0.25) is 0 Å². The molecule has 1 saturated heterocycles. The lowest BCUT2D eigenvalue weighted by Gasteiger charge is -2.22. The van der Waals surface area contributed by atoms with Gasteiger partial charge in [0, 0.05) is 12.6 Å². The van der Waals surface area contributed by atoms with E-state index >= 15 is 0 Å². The van der Waals surface area contributed by atoms with Crippen LogP contribution < -0.4 is 0 Å². The number of rotatable bonds is 3. The highest BCUT2D eigenvalue weighted by atomic mass is 35.5. The van der Waals surface area contributed by atoms with Crippen LogP contribution in [0.5, 0.6) is 0 Å². The molecule has 0 radical (unpaired) electrons. The zero-order valence-corrected chi connectivity index (χ0v) is 10.6. The third-order valence-electron chi connectivity index (χ3n) is 3.09. The van der Waals surface area contributed by atoms with Crippen LogP contribution in [0.1, 0.15) is 18.4 Å². The fraction of sp³-hybridized carbons (Fsp3) is 0.385. The minimum atomic E-state index is 0.482. The van der Waals surface area contributed by atoms with Gasteiger partial charge in [-0.05, 0) is 31.0 Å². The van der Waals surface area contributed by atoms with Gasteiger partial charge in [0.1, 0.15) is 0 Å². The van der Waals surface area contributed by atoms with Gasteiger partial charge in [-0.15, -0.1) is 6.58 Å². The number of benzene rings is 1. The second-order valence-corrected chi connectivity index (χ2v) is 4.91. The SMILES string of the molecule is C=CC1CCCN1Cc1cccc(Cl)c1Cl. The van der Waals surface area contributed by atoms with Crippen molar-refractivity contribution in [2.75, 3.05) is 6.54 Å². The van der Waals surface area contributed by atoms with E-state index in [1.54, 1.807) is 0 Å². The molecule has 0 bridgehead atoms. The summed E-state index contributed by atoms with van der Waals surface area (Å²) in [7, 11) is 0. The number of nitrogens with zero attached hydrogens (tertiary/aromatic N) is 1. The molecule has 1 aromatic rings. The predicted octanol–water partition coefficient (Wildman–Crippen LogP) is 4.14. The van der Waals surface area contributed by atoms with Crippen molar-refractivity contribution in [3.63, 3.8) is 0 Å². The van der Waals surface area contributed by atoms with Crippen molar-refractivity contribution in [1.29, 1.82) is 0 Å². The molecular formula is C13H15Cl2N. The van der Waals surface area contributed by atoms with Gasteiger partial charge in [0.15, 0.2) is 0 Å². The molecule has 0 spiro atoms. The molecule has 2 rings (SSSR count). The fourth-order valence-electron chi connectivity index (χ4n) is 2.20. The van der Waals surface area contributed by atoms with E-state index in [1.165, 1.54) is 12.8 Å². The van der Waals surface area contributed by atoms with E-state index in [0.717, 1.165) is 18.7 Å². The molecule has 0 aliphatic carbocycles. The van der Waals surface area contributed by atoms with Gasteiger partial charge >= 0.3 is 0 Å². The van der Waals surface area contributed by atoms with Crippen LogP contribution >= 0.6 is 23.2 Å². The fourth-order valence-corrected chi connectivity index (χ4v) is 2.58. The summed E-state index contributed by atoms with van der Waals surface area (Å²) in [6.45, 7) is 5.84. The first-order valence-electron chi connectivity index (χ1n) is 5.52. The molecule has 1 aliphatic rings. The quantitative estimate of drug-likeness (QED) is 0.734. The molecule has 16 heavy (non-hydrogen) atoms. The Kier molecular flexibility index (Phi) is 3.91. The average Bonchev–Trinajstić information content (AvgIpc) is 2.72. The Morgan fingerprint density at radius 1 is 1.44 bits per heavy atom. The number of halogens is 2. The van der Waals surface area contributed by atoms with Crippen LogP contribution in [-0.4, -0.2) is 17.5 Å². The maximum absolute atomic E-state index is 6.18. The van der Waals surface area contributed by atoms with Gasteiger partial charge in [-0.2, -0.15) is 0 Å². The van der Waals surface area contributed by atoms with E-state index in [-0.39, 0.29) is 0 Å². The zero-order chi connectivity index (χ0) is 11.5. The standard InChI is InChI=1S/C13H15Cl2N/c1-2-11-6-4-8-16(11)9-10-5-3-7-12(14)13(10)15/h2-3,5,7,11H,1,4,6,8-9H2. The molecule has 0 saturated carbocycles. The molecule has 0 N–H and O–H groups in total. The van der Waals surface area contributed by atoms with Crippen LogP contribution in [0.3, 0.4) is 0 Å². The van der Waals surface area contributed by atoms with Crippen LogP contribution in [0.25, 0.3) is 0 Å². The first-order chi connectivity index (χ1) is 7.72. The topological polar surface area (TPSA) is 3.24 Å². The molecule has 0 aromatic heterocycles. The smallest absolute Gasteiger partial charge is 0.0637 e. The summed E-state index contributed by atoms with van der Waals surface area (Å²) in [4.78, 5) is 2.39. The van der Waals surface area contributed by atoms with E-state index in [0.29, 0.717) is 16.1 Å². The monoisotopic (exact) mass is 255 g/mol. The van der Waals surface area contributed by atoms with Crippen molar-refractivity contribution >= 4 is 23.2 Å².